The Morgan fingerprint density at radius 1 is 1.16 bits per heavy atom. The average molecular weight is 348 g/mol. The van der Waals surface area contributed by atoms with E-state index in [1.54, 1.807) is 0 Å². The van der Waals surface area contributed by atoms with Crippen LogP contribution in [0.1, 0.15) is 26.2 Å². The van der Waals surface area contributed by atoms with Crippen LogP contribution in [0.3, 0.4) is 0 Å². The number of urea groups is 1. The predicted molar refractivity (Wildman–Crippen MR) is 98.4 cm³/mol. The van der Waals surface area contributed by atoms with E-state index in [2.05, 4.69) is 27.4 Å². The Balaban J connectivity index is 1.36. The smallest absolute Gasteiger partial charge is 0.315 e. The van der Waals surface area contributed by atoms with Crippen LogP contribution in [0.4, 0.5) is 14.9 Å². The van der Waals surface area contributed by atoms with Gasteiger partial charge in [0.1, 0.15) is 5.82 Å². The summed E-state index contributed by atoms with van der Waals surface area (Å²) >= 11 is 0. The molecule has 2 N–H and O–H groups in total. The van der Waals surface area contributed by atoms with Gasteiger partial charge in [-0.3, -0.25) is 0 Å². The van der Waals surface area contributed by atoms with Crippen molar-refractivity contribution in [1.82, 2.24) is 15.5 Å². The molecule has 1 aromatic rings. The maximum Gasteiger partial charge on any atom is 0.315 e. The van der Waals surface area contributed by atoms with Crippen LogP contribution < -0.4 is 15.5 Å². The number of amides is 2. The van der Waals surface area contributed by atoms with Gasteiger partial charge in [0.25, 0.3) is 0 Å². The molecule has 3 rings (SSSR count). The minimum Gasteiger partial charge on any atom is -0.371 e. The van der Waals surface area contributed by atoms with E-state index in [4.69, 9.17) is 0 Å². The van der Waals surface area contributed by atoms with Gasteiger partial charge in [-0.2, -0.15) is 0 Å². The fraction of sp³-hybridized carbons (Fsp3) is 0.632. The number of likely N-dealkylation sites (tertiary alicyclic amines) is 1. The molecule has 2 aliphatic rings. The van der Waals surface area contributed by atoms with Crippen molar-refractivity contribution in [1.29, 1.82) is 0 Å². The maximum atomic E-state index is 13.0. The van der Waals surface area contributed by atoms with Gasteiger partial charge in [-0.15, -0.1) is 0 Å². The summed E-state index contributed by atoms with van der Waals surface area (Å²) in [6, 6.07) is 6.88. The van der Waals surface area contributed by atoms with Crippen LogP contribution in [0.5, 0.6) is 0 Å². The summed E-state index contributed by atoms with van der Waals surface area (Å²) in [5.41, 5.74) is 1.05. The van der Waals surface area contributed by atoms with Crippen molar-refractivity contribution in [3.63, 3.8) is 0 Å². The van der Waals surface area contributed by atoms with E-state index < -0.39 is 0 Å². The third-order valence-corrected chi connectivity index (χ3v) is 5.40. The highest BCUT2D eigenvalue weighted by Gasteiger charge is 2.24. The summed E-state index contributed by atoms with van der Waals surface area (Å²) in [4.78, 5) is 16.8. The zero-order chi connectivity index (χ0) is 17.6. The van der Waals surface area contributed by atoms with Gasteiger partial charge in [-0.25, -0.2) is 9.18 Å². The van der Waals surface area contributed by atoms with Crippen LogP contribution in [0.2, 0.25) is 0 Å². The third kappa shape index (κ3) is 5.08. The van der Waals surface area contributed by atoms with Crippen LogP contribution in [0, 0.1) is 11.7 Å². The van der Waals surface area contributed by atoms with Crippen molar-refractivity contribution in [3.8, 4) is 0 Å². The first-order valence-corrected chi connectivity index (χ1v) is 9.41. The number of hydrogen-bond donors (Lipinski definition) is 2. The van der Waals surface area contributed by atoms with E-state index >= 15 is 0 Å². The van der Waals surface area contributed by atoms with Crippen LogP contribution in [-0.4, -0.2) is 56.2 Å². The van der Waals surface area contributed by atoms with Crippen molar-refractivity contribution in [2.45, 2.75) is 32.2 Å². The summed E-state index contributed by atoms with van der Waals surface area (Å²) in [5, 5.41) is 6.13. The lowest BCUT2D eigenvalue weighted by Crippen LogP contribution is -2.48. The number of piperidine rings is 1. The number of nitrogens with zero attached hydrogens (tertiary/aromatic N) is 2. The van der Waals surface area contributed by atoms with Crippen molar-refractivity contribution in [3.05, 3.63) is 30.1 Å². The highest BCUT2D eigenvalue weighted by Crippen LogP contribution is 2.23. The standard InChI is InChI=1S/C19H29FN4O/c1-2-23-10-8-17(9-11-23)22-19(25)21-13-15-7-12-24(14-15)18-5-3-16(20)4-6-18/h3-6,15,17H,2,7-14H2,1H3,(H2,21,22,25). The van der Waals surface area contributed by atoms with Gasteiger partial charge in [0, 0.05) is 44.5 Å². The Morgan fingerprint density at radius 2 is 1.88 bits per heavy atom. The molecule has 0 bridgehead atoms. The second kappa shape index (κ2) is 8.52. The van der Waals surface area contributed by atoms with Gasteiger partial charge in [-0.05, 0) is 56.0 Å². The van der Waals surface area contributed by atoms with E-state index in [1.807, 2.05) is 12.1 Å². The predicted octanol–water partition coefficient (Wildman–Crippen LogP) is 2.44. The molecule has 0 aromatic heterocycles. The molecule has 0 spiro atoms. The second-order valence-corrected chi connectivity index (χ2v) is 7.14. The summed E-state index contributed by atoms with van der Waals surface area (Å²) in [6.07, 6.45) is 3.11. The normalized spacial score (nSPS) is 22.2. The molecule has 1 atom stereocenters. The first kappa shape index (κ1) is 18.0. The molecule has 25 heavy (non-hydrogen) atoms. The molecule has 1 aromatic carbocycles. The fourth-order valence-corrected chi connectivity index (χ4v) is 3.75. The SMILES string of the molecule is CCN1CCC(NC(=O)NCC2CCN(c3ccc(F)cc3)C2)CC1. The Labute approximate surface area is 149 Å². The molecule has 1 unspecified atom stereocenters. The molecule has 2 fully saturated rings. The van der Waals surface area contributed by atoms with Crippen molar-refractivity contribution >= 4 is 11.7 Å². The quantitative estimate of drug-likeness (QED) is 0.859. The van der Waals surface area contributed by atoms with Crippen molar-refractivity contribution < 1.29 is 9.18 Å². The molecule has 2 heterocycles. The van der Waals surface area contributed by atoms with E-state index in [9.17, 15) is 9.18 Å². The monoisotopic (exact) mass is 348 g/mol. The second-order valence-electron chi connectivity index (χ2n) is 7.14. The summed E-state index contributed by atoms with van der Waals surface area (Å²) < 4.78 is 13.0. The van der Waals surface area contributed by atoms with Gasteiger partial charge in [0.15, 0.2) is 0 Å². The maximum absolute atomic E-state index is 13.0. The molecule has 0 saturated carbocycles. The Hall–Kier alpha value is -1.82. The molecule has 2 saturated heterocycles. The molecule has 6 heteroatoms. The van der Waals surface area contributed by atoms with Gasteiger partial charge in [0.2, 0.25) is 0 Å². The fourth-order valence-electron chi connectivity index (χ4n) is 3.75. The Bertz CT molecular complexity index is 557. The number of carbonyl (C=O) groups is 1. The number of rotatable bonds is 5. The molecule has 2 amide bonds. The molecule has 0 radical (unpaired) electrons. The number of hydrogen-bond acceptors (Lipinski definition) is 3. The van der Waals surface area contributed by atoms with Crippen molar-refractivity contribution in [2.75, 3.05) is 44.2 Å². The van der Waals surface area contributed by atoms with Gasteiger partial charge in [-0.1, -0.05) is 6.92 Å². The number of anilines is 1. The Kier molecular flexibility index (Phi) is 6.13. The summed E-state index contributed by atoms with van der Waals surface area (Å²) in [7, 11) is 0. The molecule has 138 valence electrons. The number of halogens is 1. The minimum absolute atomic E-state index is 0.0461. The lowest BCUT2D eigenvalue weighted by atomic mass is 10.1. The third-order valence-electron chi connectivity index (χ3n) is 5.40. The minimum atomic E-state index is -0.206. The van der Waals surface area contributed by atoms with Gasteiger partial charge < -0.3 is 20.4 Å². The summed E-state index contributed by atoms with van der Waals surface area (Å²) in [5.74, 6) is 0.236. The lowest BCUT2D eigenvalue weighted by Gasteiger charge is -2.31. The van der Waals surface area contributed by atoms with Gasteiger partial charge >= 0.3 is 6.03 Å². The largest absolute Gasteiger partial charge is 0.371 e. The lowest BCUT2D eigenvalue weighted by molar-refractivity contribution is 0.198. The zero-order valence-corrected chi connectivity index (χ0v) is 15.0. The highest BCUT2D eigenvalue weighted by molar-refractivity contribution is 5.74. The van der Waals surface area contributed by atoms with Gasteiger partial charge in [0.05, 0.1) is 0 Å². The molecule has 0 aliphatic carbocycles. The molecular formula is C19H29FN4O. The number of carbonyl (C=O) groups excluding carboxylic acids is 1. The first-order chi connectivity index (χ1) is 12.1. The first-order valence-electron chi connectivity index (χ1n) is 9.41. The van der Waals surface area contributed by atoms with E-state index in [1.165, 1.54) is 12.1 Å². The Morgan fingerprint density at radius 3 is 2.56 bits per heavy atom. The molecular weight excluding hydrogens is 319 g/mol. The number of benzene rings is 1. The van der Waals surface area contributed by atoms with Crippen LogP contribution in [0.15, 0.2) is 24.3 Å². The molecule has 5 nitrogen and oxygen atoms in total. The molecule has 2 aliphatic heterocycles. The van der Waals surface area contributed by atoms with E-state index in [0.717, 1.165) is 57.7 Å². The number of nitrogens with one attached hydrogen (secondary N) is 2. The summed E-state index contributed by atoms with van der Waals surface area (Å²) in [6.45, 7) is 7.95. The van der Waals surface area contributed by atoms with Crippen LogP contribution in [0.25, 0.3) is 0 Å². The van der Waals surface area contributed by atoms with Crippen LogP contribution >= 0.6 is 0 Å². The zero-order valence-electron chi connectivity index (χ0n) is 15.0. The van der Waals surface area contributed by atoms with E-state index in [0.29, 0.717) is 18.5 Å². The average Bonchev–Trinajstić information content (AvgIpc) is 3.10. The topological polar surface area (TPSA) is 47.6 Å². The van der Waals surface area contributed by atoms with E-state index in [-0.39, 0.29) is 11.8 Å². The highest BCUT2D eigenvalue weighted by atomic mass is 19.1. The van der Waals surface area contributed by atoms with Crippen molar-refractivity contribution in [2.24, 2.45) is 5.92 Å². The van der Waals surface area contributed by atoms with Crippen LogP contribution in [-0.2, 0) is 0 Å².